The lowest BCUT2D eigenvalue weighted by molar-refractivity contribution is -0.141. The number of esters is 1. The van der Waals surface area contributed by atoms with Gasteiger partial charge in [-0.2, -0.15) is 0 Å². The van der Waals surface area contributed by atoms with Crippen molar-refractivity contribution >= 4 is 50.1 Å². The van der Waals surface area contributed by atoms with Gasteiger partial charge in [0, 0.05) is 10.6 Å². The Morgan fingerprint density at radius 2 is 2.16 bits per heavy atom. The molecule has 1 aliphatic rings. The number of thioether (sulfide) groups is 1. The molecule has 1 aromatic heterocycles. The van der Waals surface area contributed by atoms with Crippen LogP contribution in [-0.2, 0) is 26.0 Å². The third kappa shape index (κ3) is 4.46. The van der Waals surface area contributed by atoms with Gasteiger partial charge in [0.05, 0.1) is 33.5 Å². The molecule has 1 aliphatic heterocycles. The molecular weight excluding hydrogens is 382 g/mol. The summed E-state index contributed by atoms with van der Waals surface area (Å²) in [7, 11) is -2.93. The maximum absolute atomic E-state index is 11.9. The Morgan fingerprint density at radius 3 is 2.88 bits per heavy atom. The number of hydrogen-bond acceptors (Lipinski definition) is 6. The number of carbonyl (C=O) groups is 1. The highest BCUT2D eigenvalue weighted by Crippen LogP contribution is 2.28. The summed E-state index contributed by atoms with van der Waals surface area (Å²) in [6.07, 6.45) is 0.595. The Hall–Kier alpha value is -1.31. The van der Waals surface area contributed by atoms with E-state index < -0.39 is 15.8 Å². The third-order valence-electron chi connectivity index (χ3n) is 4.14. The Balaban J connectivity index is 1.59. The van der Waals surface area contributed by atoms with E-state index in [2.05, 4.69) is 4.98 Å². The van der Waals surface area contributed by atoms with Crippen molar-refractivity contribution in [3.63, 3.8) is 0 Å². The Bertz CT molecular complexity index is 914. The molecule has 0 saturated carbocycles. The molecule has 5 nitrogen and oxygen atoms in total. The van der Waals surface area contributed by atoms with Gasteiger partial charge in [-0.3, -0.25) is 4.79 Å². The molecule has 0 unspecified atom stereocenters. The van der Waals surface area contributed by atoms with Crippen molar-refractivity contribution < 1.29 is 17.9 Å². The zero-order chi connectivity index (χ0) is 18.0. The van der Waals surface area contributed by atoms with Gasteiger partial charge in [-0.15, -0.1) is 11.8 Å². The van der Waals surface area contributed by atoms with Crippen molar-refractivity contribution in [1.29, 1.82) is 0 Å². The Kier molecular flexibility index (Phi) is 5.55. The number of sulfone groups is 1. The van der Waals surface area contributed by atoms with Crippen LogP contribution in [0.4, 0.5) is 0 Å². The third-order valence-corrected chi connectivity index (χ3v) is 7.90. The molecule has 0 amide bonds. The lowest BCUT2D eigenvalue weighted by Crippen LogP contribution is -2.13. The minimum atomic E-state index is -2.93. The number of para-hydroxylation sites is 1. The van der Waals surface area contributed by atoms with Gasteiger partial charge in [0.2, 0.25) is 0 Å². The highest BCUT2D eigenvalue weighted by Gasteiger charge is 2.28. The number of aromatic nitrogens is 1. The first-order chi connectivity index (χ1) is 11.9. The standard InChI is InChI=1S/C17H18ClNO4S2/c1-11-13-4-2-3-5-14(13)19-15(17(11)18)8-23-16(20)9-24-12-6-7-25(21,22)10-12/h2-5,12H,6-10H2,1H3/t12-/m0/s1. The number of hydrogen-bond donors (Lipinski definition) is 0. The highest BCUT2D eigenvalue weighted by atomic mass is 35.5. The summed E-state index contributed by atoms with van der Waals surface area (Å²) in [4.78, 5) is 16.4. The predicted molar refractivity (Wildman–Crippen MR) is 101 cm³/mol. The molecule has 1 aromatic carbocycles. The number of rotatable bonds is 5. The zero-order valence-corrected chi connectivity index (χ0v) is 16.1. The van der Waals surface area contributed by atoms with Crippen molar-refractivity contribution in [1.82, 2.24) is 4.98 Å². The molecule has 0 N–H and O–H groups in total. The SMILES string of the molecule is Cc1c(Cl)c(COC(=O)CS[C@H]2CCS(=O)(=O)C2)nc2ccccc12. The number of ether oxygens (including phenoxy) is 1. The molecular formula is C17H18ClNO4S2. The molecule has 0 radical (unpaired) electrons. The number of aryl methyl sites for hydroxylation is 1. The van der Waals surface area contributed by atoms with Crippen LogP contribution in [0, 0.1) is 6.92 Å². The number of nitrogens with zero attached hydrogens (tertiary/aromatic N) is 1. The summed E-state index contributed by atoms with van der Waals surface area (Å²) in [5.41, 5.74) is 2.24. The minimum absolute atomic E-state index is 0.00681. The van der Waals surface area contributed by atoms with Crippen LogP contribution in [0.15, 0.2) is 24.3 Å². The number of halogens is 1. The summed E-state index contributed by atoms with van der Waals surface area (Å²) < 4.78 is 28.1. The van der Waals surface area contributed by atoms with Crippen LogP contribution in [-0.4, -0.2) is 41.9 Å². The van der Waals surface area contributed by atoms with Crippen LogP contribution in [0.1, 0.15) is 17.7 Å². The smallest absolute Gasteiger partial charge is 0.316 e. The van der Waals surface area contributed by atoms with Gasteiger partial charge in [-0.1, -0.05) is 29.8 Å². The van der Waals surface area contributed by atoms with E-state index in [-0.39, 0.29) is 29.1 Å². The van der Waals surface area contributed by atoms with Crippen LogP contribution in [0.5, 0.6) is 0 Å². The Morgan fingerprint density at radius 1 is 1.40 bits per heavy atom. The van der Waals surface area contributed by atoms with Crippen LogP contribution in [0.2, 0.25) is 5.02 Å². The largest absolute Gasteiger partial charge is 0.458 e. The van der Waals surface area contributed by atoms with Crippen molar-refractivity contribution in [2.45, 2.75) is 25.2 Å². The number of fused-ring (bicyclic) bond motifs is 1. The fourth-order valence-electron chi connectivity index (χ4n) is 2.78. The molecule has 8 heteroatoms. The second kappa shape index (κ2) is 7.51. The van der Waals surface area contributed by atoms with E-state index >= 15 is 0 Å². The average molecular weight is 400 g/mol. The topological polar surface area (TPSA) is 73.3 Å². The fraction of sp³-hybridized carbons (Fsp3) is 0.412. The van der Waals surface area contributed by atoms with Crippen LogP contribution in [0.3, 0.4) is 0 Å². The first-order valence-electron chi connectivity index (χ1n) is 7.87. The summed E-state index contributed by atoms with van der Waals surface area (Å²) in [5, 5.41) is 1.45. The molecule has 0 aliphatic carbocycles. The monoisotopic (exact) mass is 399 g/mol. The van der Waals surface area contributed by atoms with Gasteiger partial charge in [-0.25, -0.2) is 13.4 Å². The lowest BCUT2D eigenvalue weighted by atomic mass is 10.1. The molecule has 1 atom stereocenters. The predicted octanol–water partition coefficient (Wildman–Crippen LogP) is 3.16. The quantitative estimate of drug-likeness (QED) is 0.719. The van der Waals surface area contributed by atoms with Gasteiger partial charge in [0.25, 0.3) is 0 Å². The van der Waals surface area contributed by atoms with Crippen molar-refractivity contribution in [2.24, 2.45) is 0 Å². The van der Waals surface area contributed by atoms with Crippen LogP contribution in [0.25, 0.3) is 10.9 Å². The van der Waals surface area contributed by atoms with E-state index in [1.54, 1.807) is 0 Å². The van der Waals surface area contributed by atoms with Crippen molar-refractivity contribution in [2.75, 3.05) is 17.3 Å². The highest BCUT2D eigenvalue weighted by molar-refractivity contribution is 8.02. The van der Waals surface area contributed by atoms with E-state index in [9.17, 15) is 13.2 Å². The summed E-state index contributed by atoms with van der Waals surface area (Å²) >= 11 is 7.67. The minimum Gasteiger partial charge on any atom is -0.458 e. The molecule has 134 valence electrons. The first-order valence-corrected chi connectivity index (χ1v) is 11.1. The Labute approximate surface area is 156 Å². The molecule has 0 spiro atoms. The molecule has 2 heterocycles. The number of carbonyl (C=O) groups excluding carboxylic acids is 1. The second-order valence-corrected chi connectivity index (χ2v) is 9.91. The maximum Gasteiger partial charge on any atom is 0.316 e. The molecule has 0 bridgehead atoms. The average Bonchev–Trinajstić information content (AvgIpc) is 2.94. The van der Waals surface area contributed by atoms with E-state index in [1.807, 2.05) is 31.2 Å². The summed E-state index contributed by atoms with van der Waals surface area (Å²) in [6.45, 7) is 1.92. The second-order valence-electron chi connectivity index (χ2n) is 6.01. The van der Waals surface area contributed by atoms with Gasteiger partial charge >= 0.3 is 5.97 Å². The van der Waals surface area contributed by atoms with Crippen molar-refractivity contribution in [3.05, 3.63) is 40.5 Å². The van der Waals surface area contributed by atoms with E-state index in [1.165, 1.54) is 11.8 Å². The van der Waals surface area contributed by atoms with Gasteiger partial charge in [0.1, 0.15) is 6.61 Å². The maximum atomic E-state index is 11.9. The zero-order valence-electron chi connectivity index (χ0n) is 13.7. The molecule has 1 saturated heterocycles. The van der Waals surface area contributed by atoms with Gasteiger partial charge in [0.15, 0.2) is 9.84 Å². The van der Waals surface area contributed by atoms with Gasteiger partial charge in [-0.05, 0) is 25.0 Å². The molecule has 3 rings (SSSR count). The fourth-order valence-corrected chi connectivity index (χ4v) is 6.42. The first kappa shape index (κ1) is 18.5. The molecule has 1 fully saturated rings. The van der Waals surface area contributed by atoms with Crippen LogP contribution < -0.4 is 0 Å². The van der Waals surface area contributed by atoms with E-state index in [0.29, 0.717) is 17.1 Å². The number of benzene rings is 1. The lowest BCUT2D eigenvalue weighted by Gasteiger charge is -2.11. The van der Waals surface area contributed by atoms with E-state index in [4.69, 9.17) is 16.3 Å². The van der Waals surface area contributed by atoms with Crippen LogP contribution >= 0.6 is 23.4 Å². The normalized spacial score (nSPS) is 19.2. The molecule has 2 aromatic rings. The van der Waals surface area contributed by atoms with Crippen molar-refractivity contribution in [3.8, 4) is 0 Å². The summed E-state index contributed by atoms with van der Waals surface area (Å²) in [6, 6.07) is 7.66. The summed E-state index contributed by atoms with van der Waals surface area (Å²) in [5.74, 6) is 0.0836. The number of pyridine rings is 1. The van der Waals surface area contributed by atoms with Gasteiger partial charge < -0.3 is 4.74 Å². The van der Waals surface area contributed by atoms with E-state index in [0.717, 1.165) is 16.5 Å². The molecule has 25 heavy (non-hydrogen) atoms.